The number of amides is 9. The Morgan fingerprint density at radius 2 is 1.49 bits per heavy atom. The van der Waals surface area contributed by atoms with E-state index in [0.29, 0.717) is 55.1 Å². The topological polar surface area (TPSA) is 330 Å². The molecule has 71 heavy (non-hydrogen) atoms. The number of para-hydroxylation sites is 1. The molecule has 0 radical (unpaired) electrons. The molecule has 3 aliphatic heterocycles. The van der Waals surface area contributed by atoms with E-state index in [2.05, 4.69) is 62.1 Å². The number of thiol groups is 2. The summed E-state index contributed by atoms with van der Waals surface area (Å²) in [5.41, 5.74) is 12.4. The maximum absolute atomic E-state index is 14.4. The largest absolute Gasteiger partial charge is 0.454 e. The van der Waals surface area contributed by atoms with Crippen molar-refractivity contribution in [3.8, 4) is 0 Å². The van der Waals surface area contributed by atoms with Crippen LogP contribution in [0.2, 0.25) is 0 Å². The van der Waals surface area contributed by atoms with Gasteiger partial charge in [-0.2, -0.15) is 25.3 Å². The van der Waals surface area contributed by atoms with Gasteiger partial charge in [0.1, 0.15) is 36.3 Å². The van der Waals surface area contributed by atoms with Gasteiger partial charge in [-0.3, -0.25) is 43.2 Å². The highest BCUT2D eigenvalue weighted by Gasteiger charge is 2.41. The SMILES string of the molecule is CN(C)CCCC[C@@H]1NC(=O)[C@H](CS)NC(=O)C[C@@H](C(=O)N2CCC[C@H]2C(N)=O)NC(=O)[C@H](CCCCNC(=O)[C@@H](N)CS)NC(=O)[C@@H]2CCCN2C(=O)COC(=O)C(c2c[nH]c3ccccc23)NC1=O. The second kappa shape index (κ2) is 27.1. The molecule has 4 heterocycles. The molecule has 1 aromatic heterocycles. The lowest BCUT2D eigenvalue weighted by Crippen LogP contribution is -2.59. The third-order valence-corrected chi connectivity index (χ3v) is 13.5. The summed E-state index contributed by atoms with van der Waals surface area (Å²) in [5.74, 6) is -8.03. The number of likely N-dealkylation sites (tertiary alicyclic amines) is 1. The number of hydrogen-bond acceptors (Lipinski definition) is 15. The van der Waals surface area contributed by atoms with Crippen LogP contribution in [0.4, 0.5) is 0 Å². The number of esters is 1. The number of primary amides is 1. The monoisotopic (exact) mass is 1030 g/mol. The van der Waals surface area contributed by atoms with Crippen LogP contribution >= 0.6 is 25.3 Å². The van der Waals surface area contributed by atoms with E-state index in [4.69, 9.17) is 16.2 Å². The third kappa shape index (κ3) is 15.5. The van der Waals surface area contributed by atoms with Crippen LogP contribution < -0.4 is 43.4 Å². The second-order valence-corrected chi connectivity index (χ2v) is 19.0. The van der Waals surface area contributed by atoms with Gasteiger partial charge in [-0.15, -0.1) is 0 Å². The van der Waals surface area contributed by atoms with E-state index < -0.39 is 120 Å². The number of aromatic nitrogens is 1. The third-order valence-electron chi connectivity index (χ3n) is 12.7. The van der Waals surface area contributed by atoms with Gasteiger partial charge in [-0.1, -0.05) is 18.2 Å². The van der Waals surface area contributed by atoms with E-state index in [1.807, 2.05) is 19.0 Å². The number of nitrogens with one attached hydrogen (secondary N) is 7. The Balaban J connectivity index is 1.50. The molecular formula is C46H68N12O11S2. The Hall–Kier alpha value is -5.92. The van der Waals surface area contributed by atoms with Crippen LogP contribution in [0.3, 0.4) is 0 Å². The fourth-order valence-electron chi connectivity index (χ4n) is 8.86. The van der Waals surface area contributed by atoms with Crippen molar-refractivity contribution in [3.05, 3.63) is 36.0 Å². The van der Waals surface area contributed by atoms with E-state index in [1.54, 1.807) is 24.3 Å². The van der Waals surface area contributed by atoms with Gasteiger partial charge < -0.3 is 67.8 Å². The number of benzene rings is 1. The molecule has 3 aliphatic rings. The number of carbonyl (C=O) groups is 10. The summed E-state index contributed by atoms with van der Waals surface area (Å²) in [6, 6.07) is -3.11. The van der Waals surface area contributed by atoms with E-state index in [9.17, 15) is 47.9 Å². The highest BCUT2D eigenvalue weighted by Crippen LogP contribution is 2.27. The molecule has 9 amide bonds. The van der Waals surface area contributed by atoms with Crippen LogP contribution in [-0.4, -0.2) is 179 Å². The number of carbonyl (C=O) groups excluding carboxylic acids is 10. The predicted octanol–water partition coefficient (Wildman–Crippen LogP) is -2.12. The van der Waals surface area contributed by atoms with Gasteiger partial charge >= 0.3 is 5.97 Å². The number of unbranched alkanes of at least 4 members (excludes halogenated alkanes) is 2. The summed E-state index contributed by atoms with van der Waals surface area (Å²) >= 11 is 8.37. The predicted molar refractivity (Wildman–Crippen MR) is 266 cm³/mol. The van der Waals surface area contributed by atoms with Gasteiger partial charge in [0.05, 0.1) is 12.5 Å². The lowest BCUT2D eigenvalue weighted by atomic mass is 10.0. The van der Waals surface area contributed by atoms with Crippen molar-refractivity contribution >= 4 is 95.3 Å². The highest BCUT2D eigenvalue weighted by molar-refractivity contribution is 7.80. The average Bonchev–Trinajstić information content (AvgIpc) is 4.14. The highest BCUT2D eigenvalue weighted by atomic mass is 32.1. The van der Waals surface area contributed by atoms with Gasteiger partial charge in [0.25, 0.3) is 5.91 Å². The summed E-state index contributed by atoms with van der Waals surface area (Å²) in [6.45, 7) is 0.206. The molecule has 0 bridgehead atoms. The first-order chi connectivity index (χ1) is 33.9. The molecule has 1 aromatic carbocycles. The first-order valence-corrected chi connectivity index (χ1v) is 25.2. The fourth-order valence-corrected chi connectivity index (χ4v) is 9.28. The molecule has 3 fully saturated rings. The van der Waals surface area contributed by atoms with E-state index in [-0.39, 0.29) is 63.2 Å². The summed E-state index contributed by atoms with van der Waals surface area (Å²) in [6.07, 6.45) is 3.72. The Bertz CT molecular complexity index is 2260. The van der Waals surface area contributed by atoms with Crippen molar-refractivity contribution < 1.29 is 52.7 Å². The molecule has 8 atom stereocenters. The lowest BCUT2D eigenvalue weighted by Gasteiger charge is -2.30. The standard InChI is InChI=1S/C46H68N12O11S2/c1-56(2)18-8-6-14-31-42(64)55-38(27-22-50-29-12-4-3-11-26(27)29)46(68)69-23-37(60)57-19-10-16-35(57)44(66)53-30(13-5-7-17-49-40(62)28(47)24-70)41(63)54-32(21-36(59)51-33(25-71)43(65)52-31)45(67)58-20-9-15-34(58)39(48)61/h3-4,11-12,22,28,30-35,38,50,70-71H,5-10,13-21,23-25,47H2,1-2H3,(H2,48,61)(H,49,62)(H,51,59)(H,52,65)(H,53,66)(H,54,63)(H,55,64)/t28-,30-,31-,32-,33-,34-,35-,38?/m0/s1. The number of nitrogens with zero attached hydrogens (tertiary/aromatic N) is 3. The molecule has 0 spiro atoms. The maximum atomic E-state index is 14.4. The number of H-pyrrole nitrogens is 1. The molecule has 25 heteroatoms. The molecule has 1 unspecified atom stereocenters. The zero-order valence-electron chi connectivity index (χ0n) is 40.1. The molecule has 3 saturated heterocycles. The molecule has 2 aromatic rings. The number of fused-ring (bicyclic) bond motifs is 2. The van der Waals surface area contributed by atoms with Crippen molar-refractivity contribution in [1.82, 2.24) is 51.6 Å². The van der Waals surface area contributed by atoms with E-state index >= 15 is 0 Å². The van der Waals surface area contributed by atoms with Crippen molar-refractivity contribution in [1.29, 1.82) is 0 Å². The first-order valence-electron chi connectivity index (χ1n) is 24.0. The van der Waals surface area contributed by atoms with Crippen LogP contribution in [0, 0.1) is 0 Å². The normalized spacial score (nSPS) is 24.9. The Labute approximate surface area is 422 Å². The number of ether oxygens (including phenoxy) is 1. The lowest BCUT2D eigenvalue weighted by molar-refractivity contribution is -0.156. The minimum atomic E-state index is -1.64. The zero-order valence-corrected chi connectivity index (χ0v) is 41.9. The Morgan fingerprint density at radius 3 is 2.18 bits per heavy atom. The quantitative estimate of drug-likeness (QED) is 0.0488. The molecule has 390 valence electrons. The number of cyclic esters (lactones) is 1. The fraction of sp³-hybridized carbons (Fsp3) is 0.609. The van der Waals surface area contributed by atoms with Crippen LogP contribution in [0.5, 0.6) is 0 Å². The molecule has 11 N–H and O–H groups in total. The molecule has 0 aliphatic carbocycles. The smallest absolute Gasteiger partial charge is 0.333 e. The molecule has 5 rings (SSSR count). The Morgan fingerprint density at radius 1 is 0.831 bits per heavy atom. The summed E-state index contributed by atoms with van der Waals surface area (Å²) in [4.78, 5) is 145. The van der Waals surface area contributed by atoms with Crippen LogP contribution in [-0.2, 0) is 52.7 Å². The minimum Gasteiger partial charge on any atom is -0.454 e. The van der Waals surface area contributed by atoms with Gasteiger partial charge in [-0.25, -0.2) is 4.79 Å². The summed E-state index contributed by atoms with van der Waals surface area (Å²) in [7, 11) is 3.77. The summed E-state index contributed by atoms with van der Waals surface area (Å²) < 4.78 is 5.61. The van der Waals surface area contributed by atoms with Crippen molar-refractivity contribution in [3.63, 3.8) is 0 Å². The second-order valence-electron chi connectivity index (χ2n) is 18.2. The van der Waals surface area contributed by atoms with Gasteiger partial charge in [0.2, 0.25) is 47.3 Å². The first kappa shape index (κ1) is 56.0. The van der Waals surface area contributed by atoms with Crippen LogP contribution in [0.25, 0.3) is 10.9 Å². The van der Waals surface area contributed by atoms with Gasteiger partial charge in [0, 0.05) is 53.8 Å². The molecule has 0 saturated carbocycles. The van der Waals surface area contributed by atoms with Crippen molar-refractivity contribution in [2.75, 3.05) is 58.4 Å². The van der Waals surface area contributed by atoms with Crippen LogP contribution in [0.15, 0.2) is 30.5 Å². The van der Waals surface area contributed by atoms with E-state index in [1.165, 1.54) is 16.0 Å². The van der Waals surface area contributed by atoms with Gasteiger partial charge in [-0.05, 0) is 90.9 Å². The van der Waals surface area contributed by atoms with Crippen molar-refractivity contribution in [2.24, 2.45) is 11.5 Å². The number of aromatic amines is 1. The summed E-state index contributed by atoms with van der Waals surface area (Å²) in [5, 5.41) is 16.6. The average molecular weight is 1030 g/mol. The zero-order chi connectivity index (χ0) is 51.8. The van der Waals surface area contributed by atoms with Crippen molar-refractivity contribution in [2.45, 2.75) is 119 Å². The van der Waals surface area contributed by atoms with E-state index in [0.717, 1.165) is 0 Å². The van der Waals surface area contributed by atoms with Crippen LogP contribution in [0.1, 0.15) is 82.2 Å². The Kier molecular flexibility index (Phi) is 21.3. The number of hydrogen-bond donors (Lipinski definition) is 11. The maximum Gasteiger partial charge on any atom is 0.333 e. The molecular weight excluding hydrogens is 961 g/mol. The minimum absolute atomic E-state index is 0.0375. The molecule has 23 nitrogen and oxygen atoms in total. The number of nitrogens with two attached hydrogens (primary N) is 2. The van der Waals surface area contributed by atoms with Gasteiger partial charge in [0.15, 0.2) is 12.6 Å². The number of rotatable bonds is 16.